The van der Waals surface area contributed by atoms with Crippen molar-refractivity contribution in [2.24, 2.45) is 5.92 Å². The number of carbonyl (C=O) groups is 2. The van der Waals surface area contributed by atoms with Gasteiger partial charge in [0.15, 0.2) is 11.5 Å². The highest BCUT2D eigenvalue weighted by atomic mass is 16.5. The van der Waals surface area contributed by atoms with E-state index in [2.05, 4.69) is 10.5 Å². The molecule has 0 radical (unpaired) electrons. The number of methoxy groups -OCH3 is 2. The van der Waals surface area contributed by atoms with Gasteiger partial charge in [-0.25, -0.2) is 0 Å². The number of nitrogens with zero attached hydrogens (tertiary/aromatic N) is 2. The molecule has 2 heterocycles. The first-order valence-electron chi connectivity index (χ1n) is 11.4. The van der Waals surface area contributed by atoms with Crippen LogP contribution in [0.15, 0.2) is 28.8 Å². The molecule has 9 heteroatoms. The van der Waals surface area contributed by atoms with Crippen LogP contribution in [0.25, 0.3) is 11.3 Å². The normalized spacial score (nSPS) is 17.6. The second kappa shape index (κ2) is 10.7. The van der Waals surface area contributed by atoms with Gasteiger partial charge in [0.25, 0.3) is 5.91 Å². The molecule has 2 aliphatic rings. The Labute approximate surface area is 193 Å². The van der Waals surface area contributed by atoms with Gasteiger partial charge in [0.1, 0.15) is 11.5 Å². The molecule has 9 nitrogen and oxygen atoms in total. The molecule has 0 bridgehead atoms. The summed E-state index contributed by atoms with van der Waals surface area (Å²) in [4.78, 5) is 27.2. The smallest absolute Gasteiger partial charge is 0.276 e. The maximum atomic E-state index is 13.3. The van der Waals surface area contributed by atoms with Crippen LogP contribution in [0.2, 0.25) is 0 Å². The van der Waals surface area contributed by atoms with Gasteiger partial charge in [-0.3, -0.25) is 9.59 Å². The fourth-order valence-electron chi connectivity index (χ4n) is 3.89. The van der Waals surface area contributed by atoms with Crippen molar-refractivity contribution >= 4 is 11.8 Å². The van der Waals surface area contributed by atoms with E-state index in [-0.39, 0.29) is 30.0 Å². The zero-order valence-corrected chi connectivity index (χ0v) is 19.2. The minimum Gasteiger partial charge on any atom is -0.497 e. The average molecular weight is 458 g/mol. The molecule has 1 saturated heterocycles. The lowest BCUT2D eigenvalue weighted by molar-refractivity contribution is -0.121. The molecule has 178 valence electrons. The number of ether oxygens (including phenoxy) is 3. The molecule has 1 aliphatic heterocycles. The highest BCUT2D eigenvalue weighted by Gasteiger charge is 2.27. The Hall–Kier alpha value is -3.07. The fourth-order valence-corrected chi connectivity index (χ4v) is 3.89. The maximum Gasteiger partial charge on any atom is 0.276 e. The van der Waals surface area contributed by atoms with E-state index in [1.165, 1.54) is 12.8 Å². The van der Waals surface area contributed by atoms with Crippen LogP contribution in [-0.4, -0.2) is 68.4 Å². The Kier molecular flexibility index (Phi) is 7.49. The number of hydrogen-bond acceptors (Lipinski definition) is 7. The lowest BCUT2D eigenvalue weighted by atomic mass is 10.1. The average Bonchev–Trinajstić information content (AvgIpc) is 3.30. The lowest BCUT2D eigenvalue weighted by Crippen LogP contribution is -2.40. The SMILES string of the molecule is COc1ccc(OC)c(-c2cc(C(=O)N(CCC(=O)NCC3CC3)CC3CCCO3)no2)c1. The molecule has 33 heavy (non-hydrogen) atoms. The van der Waals surface area contributed by atoms with E-state index in [0.29, 0.717) is 55.0 Å². The molecule has 2 aromatic rings. The Morgan fingerprint density at radius 2 is 2.03 bits per heavy atom. The van der Waals surface area contributed by atoms with Crippen LogP contribution in [0.1, 0.15) is 42.6 Å². The minimum atomic E-state index is -0.294. The number of amides is 2. The summed E-state index contributed by atoms with van der Waals surface area (Å²) in [6.45, 7) is 2.12. The van der Waals surface area contributed by atoms with Gasteiger partial charge in [-0.1, -0.05) is 5.16 Å². The number of hydrogen-bond donors (Lipinski definition) is 1. The molecule has 1 aromatic carbocycles. The fraction of sp³-hybridized carbons (Fsp3) is 0.542. The summed E-state index contributed by atoms with van der Waals surface area (Å²) in [5, 5.41) is 6.96. The molecule has 1 atom stereocenters. The monoisotopic (exact) mass is 457 g/mol. The molecule has 1 unspecified atom stereocenters. The van der Waals surface area contributed by atoms with Gasteiger partial charge in [-0.05, 0) is 49.8 Å². The van der Waals surface area contributed by atoms with E-state index in [4.69, 9.17) is 18.7 Å². The van der Waals surface area contributed by atoms with Crippen LogP contribution in [0, 0.1) is 5.92 Å². The van der Waals surface area contributed by atoms with E-state index < -0.39 is 0 Å². The molecule has 2 fully saturated rings. The zero-order chi connectivity index (χ0) is 23.2. The highest BCUT2D eigenvalue weighted by molar-refractivity contribution is 5.93. The standard InChI is InChI=1S/C24H31N3O6/c1-30-17-7-8-21(31-2)19(12-17)22-13-20(26-33-22)24(29)27(15-18-4-3-11-32-18)10-9-23(28)25-14-16-5-6-16/h7-8,12-13,16,18H,3-6,9-11,14-15H2,1-2H3,(H,25,28). The molecule has 2 amide bonds. The topological polar surface area (TPSA) is 103 Å². The van der Waals surface area contributed by atoms with Crippen molar-refractivity contribution in [2.75, 3.05) is 40.5 Å². The third-order valence-electron chi connectivity index (χ3n) is 6.03. The van der Waals surface area contributed by atoms with Gasteiger partial charge in [0.2, 0.25) is 5.91 Å². The van der Waals surface area contributed by atoms with Crippen molar-refractivity contribution in [1.82, 2.24) is 15.4 Å². The van der Waals surface area contributed by atoms with E-state index in [0.717, 1.165) is 12.8 Å². The summed E-state index contributed by atoms with van der Waals surface area (Å²) >= 11 is 0. The first-order chi connectivity index (χ1) is 16.1. The van der Waals surface area contributed by atoms with Crippen molar-refractivity contribution in [3.63, 3.8) is 0 Å². The second-order valence-corrected chi connectivity index (χ2v) is 8.53. The Morgan fingerprint density at radius 3 is 2.73 bits per heavy atom. The predicted molar refractivity (Wildman–Crippen MR) is 120 cm³/mol. The van der Waals surface area contributed by atoms with E-state index in [9.17, 15) is 9.59 Å². The number of nitrogens with one attached hydrogen (secondary N) is 1. The summed E-state index contributed by atoms with van der Waals surface area (Å²) in [7, 11) is 3.13. The van der Waals surface area contributed by atoms with Gasteiger partial charge < -0.3 is 29.0 Å². The first kappa shape index (κ1) is 23.1. The summed E-state index contributed by atoms with van der Waals surface area (Å²) in [6.07, 6.45) is 4.42. The lowest BCUT2D eigenvalue weighted by Gasteiger charge is -2.24. The van der Waals surface area contributed by atoms with Gasteiger partial charge in [0.05, 0.1) is 25.9 Å². The predicted octanol–water partition coefficient (Wildman–Crippen LogP) is 2.90. The third-order valence-corrected chi connectivity index (χ3v) is 6.03. The summed E-state index contributed by atoms with van der Waals surface area (Å²) in [6, 6.07) is 6.90. The molecular formula is C24H31N3O6. The minimum absolute atomic E-state index is 0.0340. The number of benzene rings is 1. The largest absolute Gasteiger partial charge is 0.497 e. The molecule has 1 aromatic heterocycles. The van der Waals surface area contributed by atoms with E-state index >= 15 is 0 Å². The van der Waals surface area contributed by atoms with Crippen molar-refractivity contribution in [3.8, 4) is 22.8 Å². The first-order valence-corrected chi connectivity index (χ1v) is 11.4. The maximum absolute atomic E-state index is 13.3. The molecule has 0 spiro atoms. The second-order valence-electron chi connectivity index (χ2n) is 8.53. The Balaban J connectivity index is 1.47. The zero-order valence-electron chi connectivity index (χ0n) is 19.2. The van der Waals surface area contributed by atoms with Crippen LogP contribution < -0.4 is 14.8 Å². The number of rotatable bonds is 11. The number of carbonyl (C=O) groups excluding carboxylic acids is 2. The van der Waals surface area contributed by atoms with Crippen molar-refractivity contribution in [1.29, 1.82) is 0 Å². The molecule has 1 aliphatic carbocycles. The van der Waals surface area contributed by atoms with Crippen LogP contribution in [0.5, 0.6) is 11.5 Å². The van der Waals surface area contributed by atoms with Gasteiger partial charge in [0, 0.05) is 38.7 Å². The molecule has 4 rings (SSSR count). The van der Waals surface area contributed by atoms with Gasteiger partial charge in [-0.15, -0.1) is 0 Å². The summed E-state index contributed by atoms with van der Waals surface area (Å²) in [5.41, 5.74) is 0.805. The van der Waals surface area contributed by atoms with Crippen molar-refractivity contribution in [3.05, 3.63) is 30.0 Å². The molecule has 1 N–H and O–H groups in total. The van der Waals surface area contributed by atoms with Crippen LogP contribution in [0.4, 0.5) is 0 Å². The van der Waals surface area contributed by atoms with E-state index in [1.54, 1.807) is 43.4 Å². The molecule has 1 saturated carbocycles. The Morgan fingerprint density at radius 1 is 1.18 bits per heavy atom. The quantitative estimate of drug-likeness (QED) is 0.553. The molecular weight excluding hydrogens is 426 g/mol. The summed E-state index contributed by atoms with van der Waals surface area (Å²) in [5.74, 6) is 1.88. The summed E-state index contributed by atoms with van der Waals surface area (Å²) < 4.78 is 21.9. The van der Waals surface area contributed by atoms with Crippen LogP contribution >= 0.6 is 0 Å². The van der Waals surface area contributed by atoms with Crippen molar-refractivity contribution < 1.29 is 28.3 Å². The van der Waals surface area contributed by atoms with Gasteiger partial charge >= 0.3 is 0 Å². The number of aromatic nitrogens is 1. The highest BCUT2D eigenvalue weighted by Crippen LogP contribution is 2.34. The van der Waals surface area contributed by atoms with Crippen LogP contribution in [-0.2, 0) is 9.53 Å². The van der Waals surface area contributed by atoms with Crippen molar-refractivity contribution in [2.45, 2.75) is 38.2 Å². The van der Waals surface area contributed by atoms with Gasteiger partial charge in [-0.2, -0.15) is 0 Å². The third kappa shape index (κ3) is 6.04. The van der Waals surface area contributed by atoms with E-state index in [1.807, 2.05) is 0 Å². The van der Waals surface area contributed by atoms with Crippen LogP contribution in [0.3, 0.4) is 0 Å². The Bertz CT molecular complexity index is 965.